The number of hydrogen-bond donors (Lipinski definition) is 1. The Labute approximate surface area is 115 Å². The lowest BCUT2D eigenvalue weighted by molar-refractivity contribution is -0.129. The summed E-state index contributed by atoms with van der Waals surface area (Å²) in [4.78, 5) is 15.8. The van der Waals surface area contributed by atoms with Gasteiger partial charge in [-0.1, -0.05) is 12.1 Å². The van der Waals surface area contributed by atoms with E-state index in [-0.39, 0.29) is 5.91 Å². The van der Waals surface area contributed by atoms with E-state index in [4.69, 9.17) is 0 Å². The van der Waals surface area contributed by atoms with E-state index in [9.17, 15) is 9.90 Å². The monoisotopic (exact) mass is 264 g/mol. The zero-order valence-electron chi connectivity index (χ0n) is 12.3. The second kappa shape index (κ2) is 7.14. The van der Waals surface area contributed by atoms with Crippen molar-refractivity contribution in [3.05, 3.63) is 29.8 Å². The van der Waals surface area contributed by atoms with Crippen molar-refractivity contribution in [3.8, 4) is 0 Å². The average Bonchev–Trinajstić information content (AvgIpc) is 2.40. The van der Waals surface area contributed by atoms with Gasteiger partial charge in [0, 0.05) is 25.8 Å². The molecule has 1 N–H and O–H groups in total. The molecule has 1 aromatic rings. The molecule has 0 aliphatic carbocycles. The Morgan fingerprint density at radius 3 is 2.16 bits per heavy atom. The maximum Gasteiger partial charge on any atom is 0.242 e. The molecule has 0 aliphatic rings. The number of aliphatic hydroxyl groups is 1. The van der Waals surface area contributed by atoms with E-state index >= 15 is 0 Å². The number of aliphatic hydroxyl groups excluding tert-OH is 1. The van der Waals surface area contributed by atoms with Crippen LogP contribution in [-0.2, 0) is 4.79 Å². The molecule has 4 nitrogen and oxygen atoms in total. The highest BCUT2D eigenvalue weighted by atomic mass is 16.3. The topological polar surface area (TPSA) is 43.8 Å². The quantitative estimate of drug-likeness (QED) is 0.855. The van der Waals surface area contributed by atoms with Crippen molar-refractivity contribution in [2.24, 2.45) is 0 Å². The molecule has 0 fully saturated rings. The van der Waals surface area contributed by atoms with Crippen LogP contribution >= 0.6 is 0 Å². The van der Waals surface area contributed by atoms with Crippen LogP contribution in [0.1, 0.15) is 32.4 Å². The number of carbonyl (C=O) groups excluding carboxylic acids is 1. The molecular weight excluding hydrogens is 240 g/mol. The zero-order chi connectivity index (χ0) is 14.4. The first kappa shape index (κ1) is 15.5. The van der Waals surface area contributed by atoms with Gasteiger partial charge in [0.25, 0.3) is 0 Å². The van der Waals surface area contributed by atoms with Crippen molar-refractivity contribution in [2.45, 2.75) is 26.9 Å². The lowest BCUT2D eigenvalue weighted by Crippen LogP contribution is -2.38. The minimum Gasteiger partial charge on any atom is -0.389 e. The predicted octanol–water partition coefficient (Wildman–Crippen LogP) is 2.04. The largest absolute Gasteiger partial charge is 0.389 e. The van der Waals surface area contributed by atoms with E-state index in [0.717, 1.165) is 24.3 Å². The summed E-state index contributed by atoms with van der Waals surface area (Å²) in [5.74, 6) is 0.132. The molecule has 1 atom stereocenters. The van der Waals surface area contributed by atoms with Gasteiger partial charge in [0.05, 0.1) is 12.6 Å². The van der Waals surface area contributed by atoms with E-state index in [1.165, 1.54) is 0 Å². The molecule has 0 aliphatic heterocycles. The molecule has 0 radical (unpaired) electrons. The van der Waals surface area contributed by atoms with Gasteiger partial charge in [-0.2, -0.15) is 0 Å². The van der Waals surface area contributed by atoms with Crippen molar-refractivity contribution in [1.29, 1.82) is 0 Å². The van der Waals surface area contributed by atoms with Gasteiger partial charge >= 0.3 is 0 Å². The van der Waals surface area contributed by atoms with Gasteiger partial charge in [-0.3, -0.25) is 4.79 Å². The van der Waals surface area contributed by atoms with Crippen LogP contribution in [0.15, 0.2) is 24.3 Å². The standard InChI is InChI=1S/C15H24N2O2/c1-5-17(6-2)15(19)11-16(4)14-9-7-13(8-10-14)12(3)18/h7-10,12,18H,5-6,11H2,1-4H3. The van der Waals surface area contributed by atoms with Gasteiger partial charge in [0.2, 0.25) is 5.91 Å². The van der Waals surface area contributed by atoms with E-state index in [1.807, 2.05) is 55.0 Å². The highest BCUT2D eigenvalue weighted by Gasteiger charge is 2.12. The average molecular weight is 264 g/mol. The summed E-state index contributed by atoms with van der Waals surface area (Å²) in [7, 11) is 1.90. The fourth-order valence-corrected chi connectivity index (χ4v) is 1.98. The van der Waals surface area contributed by atoms with Crippen LogP contribution in [0.4, 0.5) is 5.69 Å². The first-order chi connectivity index (χ1) is 8.99. The van der Waals surface area contributed by atoms with E-state index < -0.39 is 6.10 Å². The Hall–Kier alpha value is -1.55. The molecule has 0 bridgehead atoms. The summed E-state index contributed by atoms with van der Waals surface area (Å²) in [6, 6.07) is 7.63. The fourth-order valence-electron chi connectivity index (χ4n) is 1.98. The van der Waals surface area contributed by atoms with Crippen molar-refractivity contribution in [1.82, 2.24) is 4.90 Å². The van der Waals surface area contributed by atoms with Gasteiger partial charge in [0.1, 0.15) is 0 Å². The number of likely N-dealkylation sites (N-methyl/N-ethyl adjacent to an activating group) is 2. The van der Waals surface area contributed by atoms with Crippen LogP contribution < -0.4 is 4.90 Å². The Bertz CT molecular complexity index is 397. The third-order valence-electron chi connectivity index (χ3n) is 3.30. The molecular formula is C15H24N2O2. The Balaban J connectivity index is 2.67. The van der Waals surface area contributed by atoms with Crippen LogP contribution in [0.5, 0.6) is 0 Å². The number of amides is 1. The molecule has 1 unspecified atom stereocenters. The molecule has 0 heterocycles. The molecule has 0 aromatic heterocycles. The van der Waals surface area contributed by atoms with Crippen LogP contribution in [0.3, 0.4) is 0 Å². The maximum absolute atomic E-state index is 12.0. The van der Waals surface area contributed by atoms with Crippen LogP contribution in [0.25, 0.3) is 0 Å². The van der Waals surface area contributed by atoms with Gasteiger partial charge < -0.3 is 14.9 Å². The molecule has 0 spiro atoms. The van der Waals surface area contributed by atoms with Crippen molar-refractivity contribution >= 4 is 11.6 Å². The lowest BCUT2D eigenvalue weighted by Gasteiger charge is -2.24. The Morgan fingerprint density at radius 2 is 1.74 bits per heavy atom. The normalized spacial score (nSPS) is 12.1. The summed E-state index contributed by atoms with van der Waals surface area (Å²) >= 11 is 0. The highest BCUT2D eigenvalue weighted by Crippen LogP contribution is 2.18. The molecule has 4 heteroatoms. The van der Waals surface area contributed by atoms with Gasteiger partial charge in [0.15, 0.2) is 0 Å². The number of rotatable bonds is 6. The molecule has 19 heavy (non-hydrogen) atoms. The first-order valence-electron chi connectivity index (χ1n) is 6.76. The lowest BCUT2D eigenvalue weighted by atomic mass is 10.1. The third-order valence-corrected chi connectivity index (χ3v) is 3.30. The highest BCUT2D eigenvalue weighted by molar-refractivity contribution is 5.81. The van der Waals surface area contributed by atoms with Crippen molar-refractivity contribution in [3.63, 3.8) is 0 Å². The summed E-state index contributed by atoms with van der Waals surface area (Å²) in [6.45, 7) is 7.56. The number of nitrogens with zero attached hydrogens (tertiary/aromatic N) is 2. The van der Waals surface area contributed by atoms with Crippen LogP contribution in [0, 0.1) is 0 Å². The van der Waals surface area contributed by atoms with E-state index in [0.29, 0.717) is 6.54 Å². The van der Waals surface area contributed by atoms with Gasteiger partial charge in [-0.25, -0.2) is 0 Å². The maximum atomic E-state index is 12.0. The second-order valence-corrected chi connectivity index (χ2v) is 4.69. The number of carbonyl (C=O) groups is 1. The van der Waals surface area contributed by atoms with Crippen LogP contribution in [0.2, 0.25) is 0 Å². The summed E-state index contributed by atoms with van der Waals surface area (Å²) in [5, 5.41) is 9.46. The number of benzene rings is 1. The molecule has 106 valence electrons. The molecule has 1 rings (SSSR count). The van der Waals surface area contributed by atoms with Gasteiger partial charge in [-0.15, -0.1) is 0 Å². The summed E-state index contributed by atoms with van der Waals surface area (Å²) in [6.07, 6.45) is -0.461. The Morgan fingerprint density at radius 1 is 1.21 bits per heavy atom. The number of anilines is 1. The van der Waals surface area contributed by atoms with Crippen molar-refractivity contribution < 1.29 is 9.90 Å². The number of hydrogen-bond acceptors (Lipinski definition) is 3. The first-order valence-corrected chi connectivity index (χ1v) is 6.76. The minimum absolute atomic E-state index is 0.132. The molecule has 1 amide bonds. The van der Waals surface area contributed by atoms with Crippen molar-refractivity contribution in [2.75, 3.05) is 31.6 Å². The molecule has 1 aromatic carbocycles. The Kier molecular flexibility index (Phi) is 5.83. The molecule has 0 saturated carbocycles. The smallest absolute Gasteiger partial charge is 0.242 e. The van der Waals surface area contributed by atoms with Crippen LogP contribution in [-0.4, -0.2) is 42.6 Å². The summed E-state index contributed by atoms with van der Waals surface area (Å²) in [5.41, 5.74) is 1.86. The zero-order valence-corrected chi connectivity index (χ0v) is 12.3. The minimum atomic E-state index is -0.461. The third kappa shape index (κ3) is 4.24. The second-order valence-electron chi connectivity index (χ2n) is 4.69. The SMILES string of the molecule is CCN(CC)C(=O)CN(C)c1ccc(C(C)O)cc1. The fraction of sp³-hybridized carbons (Fsp3) is 0.533. The van der Waals surface area contributed by atoms with E-state index in [1.54, 1.807) is 6.92 Å². The molecule has 0 saturated heterocycles. The predicted molar refractivity (Wildman–Crippen MR) is 78.3 cm³/mol. The summed E-state index contributed by atoms with van der Waals surface area (Å²) < 4.78 is 0. The van der Waals surface area contributed by atoms with E-state index in [2.05, 4.69) is 0 Å². The van der Waals surface area contributed by atoms with Gasteiger partial charge in [-0.05, 0) is 38.5 Å².